The van der Waals surface area contributed by atoms with Gasteiger partial charge in [-0.05, 0) is 68.9 Å². The predicted molar refractivity (Wildman–Crippen MR) is 120 cm³/mol. The summed E-state index contributed by atoms with van der Waals surface area (Å²) in [6, 6.07) is 10.5. The third-order valence-electron chi connectivity index (χ3n) is 5.86. The van der Waals surface area contributed by atoms with Crippen molar-refractivity contribution >= 4 is 32.6 Å². The molecule has 0 spiro atoms. The van der Waals surface area contributed by atoms with Crippen LogP contribution in [0.15, 0.2) is 30.3 Å². The quantitative estimate of drug-likeness (QED) is 0.576. The van der Waals surface area contributed by atoms with Crippen LogP contribution in [0.4, 0.5) is 5.13 Å². The number of nitrogens with zero attached hydrogens (tertiary/aromatic N) is 2. The van der Waals surface area contributed by atoms with Crippen LogP contribution in [0.1, 0.15) is 40.7 Å². The summed E-state index contributed by atoms with van der Waals surface area (Å²) in [6.07, 6.45) is 2.53. The molecule has 1 atom stereocenters. The van der Waals surface area contributed by atoms with Crippen molar-refractivity contribution in [2.75, 3.05) is 18.1 Å². The van der Waals surface area contributed by atoms with E-state index < -0.39 is 0 Å². The molecule has 1 unspecified atom stereocenters. The Kier molecular flexibility index (Phi) is 5.70. The van der Waals surface area contributed by atoms with Gasteiger partial charge >= 0.3 is 0 Å². The topological polar surface area (TPSA) is 42.4 Å². The second-order valence-corrected chi connectivity index (χ2v) is 9.11. The van der Waals surface area contributed by atoms with Crippen LogP contribution < -0.4 is 4.90 Å². The van der Waals surface area contributed by atoms with Gasteiger partial charge in [-0.2, -0.15) is 0 Å². The highest BCUT2D eigenvalue weighted by molar-refractivity contribution is 7.22. The molecule has 1 aliphatic rings. The SMILES string of the molecule is Cc1ccc(CC(=O)N(CC2CCCO2)c2nc3c(C)c(C)ccc3s2)c(C)c1. The van der Waals surface area contributed by atoms with E-state index >= 15 is 0 Å². The van der Waals surface area contributed by atoms with Crippen molar-refractivity contribution in [1.82, 2.24) is 4.98 Å². The number of ether oxygens (including phenoxy) is 1. The Bertz CT molecular complexity index is 1050. The number of hydrogen-bond acceptors (Lipinski definition) is 4. The zero-order chi connectivity index (χ0) is 20.5. The molecule has 2 heterocycles. The molecule has 0 saturated carbocycles. The summed E-state index contributed by atoms with van der Waals surface area (Å²) in [4.78, 5) is 20.1. The van der Waals surface area contributed by atoms with Gasteiger partial charge in [0.2, 0.25) is 5.91 Å². The van der Waals surface area contributed by atoms with Crippen molar-refractivity contribution in [1.29, 1.82) is 0 Å². The second-order valence-electron chi connectivity index (χ2n) is 8.10. The lowest BCUT2D eigenvalue weighted by molar-refractivity contribution is -0.118. The number of amides is 1. The summed E-state index contributed by atoms with van der Waals surface area (Å²) in [6.45, 7) is 9.70. The summed E-state index contributed by atoms with van der Waals surface area (Å²) >= 11 is 1.60. The Hall–Kier alpha value is -2.24. The molecule has 1 aromatic heterocycles. The van der Waals surface area contributed by atoms with E-state index in [0.717, 1.165) is 45.9 Å². The number of thiazole rings is 1. The minimum Gasteiger partial charge on any atom is -0.376 e. The third kappa shape index (κ3) is 4.21. The molecule has 1 aliphatic heterocycles. The molecule has 0 radical (unpaired) electrons. The first kappa shape index (κ1) is 20.0. The average molecular weight is 409 g/mol. The number of aromatic nitrogens is 1. The lowest BCUT2D eigenvalue weighted by atomic mass is 10.0. The molecule has 1 amide bonds. The first-order valence-electron chi connectivity index (χ1n) is 10.3. The van der Waals surface area contributed by atoms with E-state index in [0.29, 0.717) is 13.0 Å². The van der Waals surface area contributed by atoms with Gasteiger partial charge in [0.1, 0.15) is 0 Å². The fourth-order valence-corrected chi connectivity index (χ4v) is 4.96. The van der Waals surface area contributed by atoms with Crippen molar-refractivity contribution in [3.63, 3.8) is 0 Å². The highest BCUT2D eigenvalue weighted by atomic mass is 32.1. The molecule has 1 saturated heterocycles. The van der Waals surface area contributed by atoms with Crippen LogP contribution in [-0.2, 0) is 16.0 Å². The Labute approximate surface area is 176 Å². The van der Waals surface area contributed by atoms with Gasteiger partial charge in [0.25, 0.3) is 0 Å². The number of rotatable bonds is 5. The molecule has 0 N–H and O–H groups in total. The van der Waals surface area contributed by atoms with Gasteiger partial charge in [-0.1, -0.05) is 41.2 Å². The molecular weight excluding hydrogens is 380 g/mol. The van der Waals surface area contributed by atoms with Gasteiger partial charge in [0.15, 0.2) is 5.13 Å². The van der Waals surface area contributed by atoms with E-state index in [2.05, 4.69) is 58.0 Å². The van der Waals surface area contributed by atoms with Crippen molar-refractivity contribution in [2.24, 2.45) is 0 Å². The first-order valence-corrected chi connectivity index (χ1v) is 11.1. The van der Waals surface area contributed by atoms with E-state index in [4.69, 9.17) is 9.72 Å². The van der Waals surface area contributed by atoms with Crippen LogP contribution in [-0.4, -0.2) is 30.1 Å². The summed E-state index contributed by atoms with van der Waals surface area (Å²) < 4.78 is 6.97. The van der Waals surface area contributed by atoms with Crippen LogP contribution >= 0.6 is 11.3 Å². The van der Waals surface area contributed by atoms with Crippen molar-refractivity contribution < 1.29 is 9.53 Å². The normalized spacial score (nSPS) is 16.5. The Morgan fingerprint density at radius 2 is 2.00 bits per heavy atom. The third-order valence-corrected chi connectivity index (χ3v) is 6.90. The molecule has 4 nitrogen and oxygen atoms in total. The monoisotopic (exact) mass is 408 g/mol. The van der Waals surface area contributed by atoms with E-state index in [1.165, 1.54) is 16.7 Å². The molecule has 3 aromatic rings. The van der Waals surface area contributed by atoms with Crippen molar-refractivity contribution in [3.05, 3.63) is 58.1 Å². The maximum absolute atomic E-state index is 13.4. The van der Waals surface area contributed by atoms with Gasteiger partial charge < -0.3 is 4.74 Å². The zero-order valence-electron chi connectivity index (χ0n) is 17.6. The van der Waals surface area contributed by atoms with Crippen molar-refractivity contribution in [2.45, 2.75) is 53.1 Å². The number of fused-ring (bicyclic) bond motifs is 1. The summed E-state index contributed by atoms with van der Waals surface area (Å²) in [5.74, 6) is 0.0842. The van der Waals surface area contributed by atoms with Crippen LogP contribution in [0.25, 0.3) is 10.2 Å². The minimum absolute atomic E-state index is 0.0842. The van der Waals surface area contributed by atoms with Crippen LogP contribution in [0.3, 0.4) is 0 Å². The number of aryl methyl sites for hydroxylation is 4. The lowest BCUT2D eigenvalue weighted by Gasteiger charge is -2.23. The Morgan fingerprint density at radius 3 is 2.72 bits per heavy atom. The van der Waals surface area contributed by atoms with Gasteiger partial charge in [0, 0.05) is 6.61 Å². The number of benzene rings is 2. The van der Waals surface area contributed by atoms with Crippen molar-refractivity contribution in [3.8, 4) is 0 Å². The molecule has 4 rings (SSSR count). The average Bonchev–Trinajstić information content (AvgIpc) is 3.35. The summed E-state index contributed by atoms with van der Waals surface area (Å²) in [7, 11) is 0. The number of carbonyl (C=O) groups is 1. The lowest BCUT2D eigenvalue weighted by Crippen LogP contribution is -2.38. The minimum atomic E-state index is 0.0842. The van der Waals surface area contributed by atoms with E-state index in [1.54, 1.807) is 11.3 Å². The van der Waals surface area contributed by atoms with Gasteiger partial charge in [-0.25, -0.2) is 4.98 Å². The fourth-order valence-electron chi connectivity index (χ4n) is 3.91. The van der Waals surface area contributed by atoms with Gasteiger partial charge in [-0.15, -0.1) is 0 Å². The van der Waals surface area contributed by atoms with Crippen LogP contribution in [0.5, 0.6) is 0 Å². The maximum atomic E-state index is 13.4. The number of carbonyl (C=O) groups excluding carboxylic acids is 1. The Balaban J connectivity index is 1.67. The molecule has 0 bridgehead atoms. The highest BCUT2D eigenvalue weighted by Crippen LogP contribution is 2.33. The van der Waals surface area contributed by atoms with Crippen LogP contribution in [0.2, 0.25) is 0 Å². The molecule has 1 fully saturated rings. The standard InChI is InChI=1S/C24H28N2O2S/c1-15-7-9-19(17(3)12-15)13-22(27)26(14-20-6-5-11-28-20)24-25-23-18(4)16(2)8-10-21(23)29-24/h7-10,12,20H,5-6,11,13-14H2,1-4H3. The predicted octanol–water partition coefficient (Wildman–Crippen LogP) is 5.28. The number of anilines is 1. The summed E-state index contributed by atoms with van der Waals surface area (Å²) in [5, 5.41) is 0.777. The first-order chi connectivity index (χ1) is 13.9. The second kappa shape index (κ2) is 8.25. The molecule has 0 aliphatic carbocycles. The molecule has 2 aromatic carbocycles. The molecule has 29 heavy (non-hydrogen) atoms. The largest absolute Gasteiger partial charge is 0.376 e. The highest BCUT2D eigenvalue weighted by Gasteiger charge is 2.26. The van der Waals surface area contributed by atoms with Gasteiger partial charge in [-0.3, -0.25) is 9.69 Å². The van der Waals surface area contributed by atoms with Crippen LogP contribution in [0, 0.1) is 27.7 Å². The molecule has 152 valence electrons. The molecular formula is C24H28N2O2S. The Morgan fingerprint density at radius 1 is 1.17 bits per heavy atom. The van der Waals surface area contributed by atoms with E-state index in [1.807, 2.05) is 4.90 Å². The fraction of sp³-hybridized carbons (Fsp3) is 0.417. The van der Waals surface area contributed by atoms with Gasteiger partial charge in [0.05, 0.1) is 29.3 Å². The zero-order valence-corrected chi connectivity index (χ0v) is 18.4. The van der Waals surface area contributed by atoms with E-state index in [-0.39, 0.29) is 12.0 Å². The summed E-state index contributed by atoms with van der Waals surface area (Å²) in [5.41, 5.74) is 6.86. The number of hydrogen-bond donors (Lipinski definition) is 0. The maximum Gasteiger partial charge on any atom is 0.233 e. The van der Waals surface area contributed by atoms with E-state index in [9.17, 15) is 4.79 Å². The molecule has 5 heteroatoms. The smallest absolute Gasteiger partial charge is 0.233 e.